The van der Waals surface area contributed by atoms with Gasteiger partial charge in [-0.2, -0.15) is 0 Å². The molecule has 0 spiro atoms. The topological polar surface area (TPSA) is 41.5 Å². The van der Waals surface area contributed by atoms with Crippen LogP contribution in [0.15, 0.2) is 46.9 Å². The Morgan fingerprint density at radius 2 is 1.90 bits per heavy atom. The average Bonchev–Trinajstić information content (AvgIpc) is 2.48. The van der Waals surface area contributed by atoms with Crippen molar-refractivity contribution in [2.75, 3.05) is 19.0 Å². The summed E-state index contributed by atoms with van der Waals surface area (Å²) in [5.41, 5.74) is 3.01. The zero-order chi connectivity index (χ0) is 14.5. The molecule has 2 aromatic rings. The van der Waals surface area contributed by atoms with Crippen molar-refractivity contribution in [1.29, 1.82) is 0 Å². The van der Waals surface area contributed by atoms with Crippen molar-refractivity contribution in [2.45, 2.75) is 13.0 Å². The molecule has 1 atom stereocenters. The molecule has 0 aliphatic carbocycles. The normalized spacial score (nSPS) is 12.0. The van der Waals surface area contributed by atoms with Crippen LogP contribution in [0.2, 0.25) is 0 Å². The lowest BCUT2D eigenvalue weighted by molar-refractivity contribution is 0.191. The van der Waals surface area contributed by atoms with E-state index >= 15 is 0 Å². The van der Waals surface area contributed by atoms with Crippen LogP contribution >= 0.6 is 15.9 Å². The zero-order valence-electron chi connectivity index (χ0n) is 11.6. The van der Waals surface area contributed by atoms with Gasteiger partial charge < -0.3 is 15.2 Å². The van der Waals surface area contributed by atoms with Crippen molar-refractivity contribution in [1.82, 2.24) is 0 Å². The van der Waals surface area contributed by atoms with Gasteiger partial charge in [-0.05, 0) is 52.2 Å². The summed E-state index contributed by atoms with van der Waals surface area (Å²) in [6.45, 7) is 2.49. The quantitative estimate of drug-likeness (QED) is 0.870. The minimum absolute atomic E-state index is 0.453. The fourth-order valence-electron chi connectivity index (χ4n) is 1.93. The molecule has 0 radical (unpaired) electrons. The zero-order valence-corrected chi connectivity index (χ0v) is 13.1. The van der Waals surface area contributed by atoms with Gasteiger partial charge in [-0.25, -0.2) is 0 Å². The van der Waals surface area contributed by atoms with Gasteiger partial charge >= 0.3 is 0 Å². The molecular formula is C16H18BrNO2. The van der Waals surface area contributed by atoms with E-state index in [4.69, 9.17) is 4.74 Å². The average molecular weight is 336 g/mol. The van der Waals surface area contributed by atoms with Crippen LogP contribution in [-0.4, -0.2) is 18.8 Å². The predicted octanol–water partition coefficient (Wildman–Crippen LogP) is 3.91. The highest BCUT2D eigenvalue weighted by atomic mass is 79.9. The van der Waals surface area contributed by atoms with Crippen LogP contribution in [0, 0.1) is 6.92 Å². The highest BCUT2D eigenvalue weighted by molar-refractivity contribution is 9.10. The molecule has 0 bridgehead atoms. The molecule has 0 aliphatic heterocycles. The van der Waals surface area contributed by atoms with E-state index in [-0.39, 0.29) is 0 Å². The van der Waals surface area contributed by atoms with Gasteiger partial charge in [0, 0.05) is 16.7 Å². The smallest absolute Gasteiger partial charge is 0.118 e. The summed E-state index contributed by atoms with van der Waals surface area (Å²) in [7, 11) is 1.63. The number of methoxy groups -OCH3 is 1. The first-order valence-corrected chi connectivity index (χ1v) is 7.22. The number of aliphatic hydroxyl groups is 1. The van der Waals surface area contributed by atoms with Crippen LogP contribution < -0.4 is 10.1 Å². The molecule has 20 heavy (non-hydrogen) atoms. The number of hydrogen-bond acceptors (Lipinski definition) is 3. The van der Waals surface area contributed by atoms with Crippen molar-refractivity contribution in [2.24, 2.45) is 0 Å². The Morgan fingerprint density at radius 1 is 1.20 bits per heavy atom. The summed E-state index contributed by atoms with van der Waals surface area (Å²) in [6.07, 6.45) is -0.562. The van der Waals surface area contributed by atoms with Gasteiger partial charge in [0.1, 0.15) is 5.75 Å². The summed E-state index contributed by atoms with van der Waals surface area (Å²) >= 11 is 3.54. The lowest BCUT2D eigenvalue weighted by Crippen LogP contribution is -2.12. The monoisotopic (exact) mass is 335 g/mol. The van der Waals surface area contributed by atoms with Crippen molar-refractivity contribution in [3.63, 3.8) is 0 Å². The number of halogens is 1. The van der Waals surface area contributed by atoms with Gasteiger partial charge in [-0.15, -0.1) is 0 Å². The SMILES string of the molecule is COc1ccc(C(O)CNc2cccc(C)c2Br)cc1. The standard InChI is InChI=1S/C16H18BrNO2/c1-11-4-3-5-14(16(11)17)18-10-15(19)12-6-8-13(20-2)9-7-12/h3-9,15,18-19H,10H2,1-2H3. The van der Waals surface area contributed by atoms with E-state index in [1.54, 1.807) is 7.11 Å². The molecule has 106 valence electrons. The third kappa shape index (κ3) is 3.52. The molecule has 2 aromatic carbocycles. The van der Waals surface area contributed by atoms with E-state index in [2.05, 4.69) is 21.2 Å². The molecule has 0 fully saturated rings. The highest BCUT2D eigenvalue weighted by Gasteiger charge is 2.09. The van der Waals surface area contributed by atoms with Gasteiger partial charge in [0.15, 0.2) is 0 Å². The number of aryl methyl sites for hydroxylation is 1. The molecule has 2 N–H and O–H groups in total. The largest absolute Gasteiger partial charge is 0.497 e. The van der Waals surface area contributed by atoms with E-state index in [0.717, 1.165) is 27.0 Å². The second-order valence-electron chi connectivity index (χ2n) is 4.61. The number of ether oxygens (including phenoxy) is 1. The van der Waals surface area contributed by atoms with Crippen LogP contribution in [-0.2, 0) is 0 Å². The number of aliphatic hydroxyl groups excluding tert-OH is 1. The number of rotatable bonds is 5. The van der Waals surface area contributed by atoms with Crippen LogP contribution in [0.5, 0.6) is 5.75 Å². The first-order valence-electron chi connectivity index (χ1n) is 6.43. The molecule has 0 heterocycles. The van der Waals surface area contributed by atoms with Gasteiger partial charge in [0.25, 0.3) is 0 Å². The number of anilines is 1. The van der Waals surface area contributed by atoms with Crippen molar-refractivity contribution < 1.29 is 9.84 Å². The molecule has 0 aromatic heterocycles. The molecule has 3 nitrogen and oxygen atoms in total. The maximum atomic E-state index is 10.2. The molecule has 0 saturated carbocycles. The van der Waals surface area contributed by atoms with Crippen LogP contribution in [0.3, 0.4) is 0 Å². The first kappa shape index (κ1) is 14.9. The fraction of sp³-hybridized carbons (Fsp3) is 0.250. The summed E-state index contributed by atoms with van der Waals surface area (Å²) in [6, 6.07) is 13.4. The molecule has 0 saturated heterocycles. The maximum Gasteiger partial charge on any atom is 0.118 e. The predicted molar refractivity (Wildman–Crippen MR) is 85.3 cm³/mol. The Kier molecular flexibility index (Phi) is 5.04. The Labute approximate surface area is 127 Å². The lowest BCUT2D eigenvalue weighted by atomic mass is 10.1. The molecule has 0 amide bonds. The van der Waals surface area contributed by atoms with E-state index in [9.17, 15) is 5.11 Å². The summed E-state index contributed by atoms with van der Waals surface area (Å²) in [5.74, 6) is 0.787. The van der Waals surface area contributed by atoms with Crippen molar-refractivity contribution in [3.8, 4) is 5.75 Å². The highest BCUT2D eigenvalue weighted by Crippen LogP contribution is 2.26. The summed E-state index contributed by atoms with van der Waals surface area (Å²) < 4.78 is 6.13. The molecule has 4 heteroatoms. The third-order valence-corrected chi connectivity index (χ3v) is 4.23. The van der Waals surface area contributed by atoms with Crippen LogP contribution in [0.25, 0.3) is 0 Å². The number of nitrogens with one attached hydrogen (secondary N) is 1. The van der Waals surface area contributed by atoms with Crippen molar-refractivity contribution >= 4 is 21.6 Å². The van der Waals surface area contributed by atoms with Gasteiger partial charge in [0.05, 0.1) is 13.2 Å². The van der Waals surface area contributed by atoms with Crippen LogP contribution in [0.1, 0.15) is 17.2 Å². The Balaban J connectivity index is 2.00. The molecule has 0 aliphatic rings. The Bertz CT molecular complexity index is 569. The fourth-order valence-corrected chi connectivity index (χ4v) is 2.34. The minimum Gasteiger partial charge on any atom is -0.497 e. The number of hydrogen-bond donors (Lipinski definition) is 2. The first-order chi connectivity index (χ1) is 9.61. The Hall–Kier alpha value is -1.52. The second-order valence-corrected chi connectivity index (χ2v) is 5.40. The third-order valence-electron chi connectivity index (χ3n) is 3.18. The van der Waals surface area contributed by atoms with Crippen LogP contribution in [0.4, 0.5) is 5.69 Å². The van der Waals surface area contributed by atoms with Gasteiger partial charge in [0.2, 0.25) is 0 Å². The number of benzene rings is 2. The molecular weight excluding hydrogens is 318 g/mol. The Morgan fingerprint density at radius 3 is 2.55 bits per heavy atom. The second kappa shape index (κ2) is 6.77. The lowest BCUT2D eigenvalue weighted by Gasteiger charge is -2.15. The van der Waals surface area contributed by atoms with Crippen molar-refractivity contribution in [3.05, 3.63) is 58.1 Å². The van der Waals surface area contributed by atoms with E-state index < -0.39 is 6.10 Å². The molecule has 1 unspecified atom stereocenters. The van der Waals surface area contributed by atoms with E-state index in [0.29, 0.717) is 6.54 Å². The maximum absolute atomic E-state index is 10.2. The summed E-state index contributed by atoms with van der Waals surface area (Å²) in [4.78, 5) is 0. The van der Waals surface area contributed by atoms with E-state index in [1.165, 1.54) is 0 Å². The minimum atomic E-state index is -0.562. The van der Waals surface area contributed by atoms with E-state index in [1.807, 2.05) is 49.4 Å². The van der Waals surface area contributed by atoms with Gasteiger partial charge in [-0.1, -0.05) is 24.3 Å². The summed E-state index contributed by atoms with van der Waals surface area (Å²) in [5, 5.41) is 13.4. The van der Waals surface area contributed by atoms with Gasteiger partial charge in [-0.3, -0.25) is 0 Å². The molecule has 2 rings (SSSR count).